The third kappa shape index (κ3) is 8.83. The average molecular weight is 580 g/mol. The van der Waals surface area contributed by atoms with Gasteiger partial charge in [-0.25, -0.2) is 13.2 Å². The van der Waals surface area contributed by atoms with Crippen LogP contribution in [0.2, 0.25) is 0 Å². The molecule has 0 saturated carbocycles. The predicted molar refractivity (Wildman–Crippen MR) is 167 cm³/mol. The third-order valence-electron chi connectivity index (χ3n) is 7.59. The summed E-state index contributed by atoms with van der Waals surface area (Å²) in [6, 6.07) is 10.8. The van der Waals surface area contributed by atoms with Crippen LogP contribution in [0.1, 0.15) is 90.7 Å². The van der Waals surface area contributed by atoms with Crippen LogP contribution in [-0.2, 0) is 16.4 Å². The molecule has 1 heterocycles. The average Bonchev–Trinajstić information content (AvgIpc) is 2.89. The first kappa shape index (κ1) is 32.2. The van der Waals surface area contributed by atoms with E-state index in [2.05, 4.69) is 52.8 Å². The number of sulfonamides is 1. The maximum absolute atomic E-state index is 13.2. The lowest BCUT2D eigenvalue weighted by atomic mass is 9.87. The van der Waals surface area contributed by atoms with Gasteiger partial charge in [0.2, 0.25) is 0 Å². The van der Waals surface area contributed by atoms with Crippen LogP contribution in [0, 0.1) is 6.92 Å². The number of fused-ring (bicyclic) bond motifs is 1. The number of ether oxygens (including phenoxy) is 1. The van der Waals surface area contributed by atoms with Crippen LogP contribution in [0.3, 0.4) is 0 Å². The van der Waals surface area contributed by atoms with Gasteiger partial charge in [0.15, 0.2) is 0 Å². The van der Waals surface area contributed by atoms with Crippen LogP contribution >= 0.6 is 0 Å². The maximum atomic E-state index is 13.2. The topological polar surface area (TPSA) is 83.9 Å². The lowest BCUT2D eigenvalue weighted by Gasteiger charge is -2.37. The van der Waals surface area contributed by atoms with Gasteiger partial charge in [0.05, 0.1) is 10.6 Å². The van der Waals surface area contributed by atoms with Crippen LogP contribution in [-0.4, -0.2) is 25.2 Å². The number of rotatable bonds is 12. The van der Waals surface area contributed by atoms with Crippen LogP contribution in [0.25, 0.3) is 0 Å². The zero-order chi connectivity index (χ0) is 30.2. The van der Waals surface area contributed by atoms with Gasteiger partial charge in [-0.15, -0.1) is 0 Å². The minimum absolute atomic E-state index is 0.0735. The number of benzene rings is 2. The Balaban J connectivity index is 1.65. The highest BCUT2D eigenvalue weighted by Gasteiger charge is 2.35. The van der Waals surface area contributed by atoms with Crippen molar-refractivity contribution in [2.24, 2.45) is 0 Å². The summed E-state index contributed by atoms with van der Waals surface area (Å²) in [4.78, 5) is 12.1. The van der Waals surface area contributed by atoms with E-state index in [1.807, 2.05) is 6.92 Å². The SMILES string of the molecule is CC(C)=CCCC(C)=CCCC(C)=CCCC1(C)CCc2cc(N(C(=O)O)S(=O)(=O)c3ccccc3)cc(C)c2O1. The fourth-order valence-electron chi connectivity index (χ4n) is 5.16. The summed E-state index contributed by atoms with van der Waals surface area (Å²) in [5.74, 6) is 0.722. The highest BCUT2D eigenvalue weighted by atomic mass is 32.2. The van der Waals surface area contributed by atoms with Crippen molar-refractivity contribution in [1.82, 2.24) is 0 Å². The standard InChI is InChI=1S/C34H45NO5S/c1-25(2)13-10-14-26(3)15-11-16-27(4)17-12-21-34(6)22-20-29-24-30(23-28(5)32(29)40-34)35(33(36)37)41(38,39)31-18-8-7-9-19-31/h7-9,13,15,17-19,23-24H,10-12,14,16,20-22H2,1-6H3,(H,36,37). The maximum Gasteiger partial charge on any atom is 0.426 e. The van der Waals surface area contributed by atoms with E-state index in [9.17, 15) is 18.3 Å². The van der Waals surface area contributed by atoms with Gasteiger partial charge in [-0.05, 0) is 128 Å². The van der Waals surface area contributed by atoms with E-state index in [1.54, 1.807) is 30.3 Å². The van der Waals surface area contributed by atoms with Gasteiger partial charge < -0.3 is 9.84 Å². The minimum atomic E-state index is -4.28. The summed E-state index contributed by atoms with van der Waals surface area (Å²) in [7, 11) is -4.28. The summed E-state index contributed by atoms with van der Waals surface area (Å²) < 4.78 is 33.4. The molecule has 0 radical (unpaired) electrons. The Morgan fingerprint density at radius 1 is 0.976 bits per heavy atom. The number of hydrogen-bond acceptors (Lipinski definition) is 4. The van der Waals surface area contributed by atoms with Crippen LogP contribution < -0.4 is 9.04 Å². The van der Waals surface area contributed by atoms with Gasteiger partial charge in [0, 0.05) is 0 Å². The Morgan fingerprint density at radius 3 is 2.20 bits per heavy atom. The molecule has 1 N–H and O–H groups in total. The smallest absolute Gasteiger partial charge is 0.426 e. The van der Waals surface area contributed by atoms with Crippen molar-refractivity contribution in [3.8, 4) is 5.75 Å². The highest BCUT2D eigenvalue weighted by molar-refractivity contribution is 7.93. The second-order valence-corrected chi connectivity index (χ2v) is 13.5. The van der Waals surface area contributed by atoms with Crippen molar-refractivity contribution in [1.29, 1.82) is 0 Å². The lowest BCUT2D eigenvalue weighted by molar-refractivity contribution is 0.0563. The molecule has 1 aliphatic rings. The molecule has 0 aliphatic carbocycles. The summed E-state index contributed by atoms with van der Waals surface area (Å²) in [5, 5.41) is 9.88. The first-order valence-electron chi connectivity index (χ1n) is 14.4. The van der Waals surface area contributed by atoms with Crippen molar-refractivity contribution in [3.05, 3.63) is 88.5 Å². The van der Waals surface area contributed by atoms with Crippen molar-refractivity contribution in [2.75, 3.05) is 4.31 Å². The van der Waals surface area contributed by atoms with E-state index in [0.717, 1.165) is 61.8 Å². The number of nitrogens with zero attached hydrogens (tertiary/aromatic N) is 1. The molecule has 7 heteroatoms. The Hall–Kier alpha value is -3.32. The van der Waals surface area contributed by atoms with Gasteiger partial charge in [-0.2, -0.15) is 4.31 Å². The third-order valence-corrected chi connectivity index (χ3v) is 9.30. The number of amides is 1. The van der Waals surface area contributed by atoms with E-state index in [1.165, 1.54) is 28.9 Å². The number of aryl methyl sites for hydroxylation is 2. The van der Waals surface area contributed by atoms with Crippen molar-refractivity contribution in [2.45, 2.75) is 103 Å². The monoisotopic (exact) mass is 579 g/mol. The molecule has 0 aromatic heterocycles. The number of allylic oxidation sites excluding steroid dienone is 6. The minimum Gasteiger partial charge on any atom is -0.487 e. The molecule has 1 atom stereocenters. The predicted octanol–water partition coefficient (Wildman–Crippen LogP) is 9.15. The summed E-state index contributed by atoms with van der Waals surface area (Å²) in [5.41, 5.74) is 5.49. The van der Waals surface area contributed by atoms with Crippen LogP contribution in [0.4, 0.5) is 10.5 Å². The number of carboxylic acid groups (broad SMARTS) is 1. The summed E-state index contributed by atoms with van der Waals surface area (Å²) in [6.07, 6.45) is 13.0. The number of anilines is 1. The Morgan fingerprint density at radius 2 is 1.59 bits per heavy atom. The van der Waals surface area contributed by atoms with Gasteiger partial charge in [0.25, 0.3) is 10.0 Å². The molecule has 3 rings (SSSR count). The molecule has 0 fully saturated rings. The van der Waals surface area contributed by atoms with Gasteiger partial charge in [0.1, 0.15) is 11.4 Å². The summed E-state index contributed by atoms with van der Waals surface area (Å²) >= 11 is 0. The molecule has 1 amide bonds. The Bertz CT molecular complexity index is 1420. The molecule has 1 unspecified atom stereocenters. The largest absolute Gasteiger partial charge is 0.487 e. The fraction of sp³-hybridized carbons (Fsp3) is 0.441. The van der Waals surface area contributed by atoms with E-state index >= 15 is 0 Å². The quantitative estimate of drug-likeness (QED) is 0.254. The van der Waals surface area contributed by atoms with Gasteiger partial charge in [-0.3, -0.25) is 0 Å². The van der Waals surface area contributed by atoms with Crippen molar-refractivity contribution >= 4 is 21.8 Å². The molecule has 2 aromatic carbocycles. The molecular weight excluding hydrogens is 534 g/mol. The molecule has 0 saturated heterocycles. The zero-order valence-corrected chi connectivity index (χ0v) is 26.2. The Labute approximate surface area is 246 Å². The van der Waals surface area contributed by atoms with Gasteiger partial charge in [-0.1, -0.05) is 53.1 Å². The fourth-order valence-corrected chi connectivity index (χ4v) is 6.46. The normalized spacial score (nSPS) is 17.4. The first-order chi connectivity index (χ1) is 19.3. The first-order valence-corrected chi connectivity index (χ1v) is 15.9. The molecule has 1 aliphatic heterocycles. The summed E-state index contributed by atoms with van der Waals surface area (Å²) in [6.45, 7) is 12.6. The molecule has 2 aromatic rings. The second kappa shape index (κ2) is 14.0. The molecule has 222 valence electrons. The van der Waals surface area contributed by atoms with Gasteiger partial charge >= 0.3 is 6.09 Å². The molecule has 0 spiro atoms. The molecular formula is C34H45NO5S. The van der Waals surface area contributed by atoms with E-state index in [-0.39, 0.29) is 16.2 Å². The Kier molecular flexibility index (Phi) is 11.0. The molecule has 6 nitrogen and oxygen atoms in total. The van der Waals surface area contributed by atoms with E-state index in [0.29, 0.717) is 10.7 Å². The van der Waals surface area contributed by atoms with Crippen LogP contribution in [0.5, 0.6) is 5.75 Å². The van der Waals surface area contributed by atoms with E-state index in [4.69, 9.17) is 4.74 Å². The lowest BCUT2D eigenvalue weighted by Crippen LogP contribution is -2.38. The van der Waals surface area contributed by atoms with Crippen molar-refractivity contribution in [3.63, 3.8) is 0 Å². The van der Waals surface area contributed by atoms with E-state index < -0.39 is 16.1 Å². The molecule has 41 heavy (non-hydrogen) atoms. The van der Waals surface area contributed by atoms with Crippen molar-refractivity contribution < 1.29 is 23.1 Å². The second-order valence-electron chi connectivity index (χ2n) is 11.7. The number of hydrogen-bond donors (Lipinski definition) is 1. The zero-order valence-electron chi connectivity index (χ0n) is 25.4. The highest BCUT2D eigenvalue weighted by Crippen LogP contribution is 2.41. The molecule has 0 bridgehead atoms. The van der Waals surface area contributed by atoms with Crippen LogP contribution in [0.15, 0.2) is 82.3 Å². The number of carbonyl (C=O) groups is 1.